The van der Waals surface area contributed by atoms with E-state index in [4.69, 9.17) is 14.5 Å². The monoisotopic (exact) mass is 486 g/mol. The van der Waals surface area contributed by atoms with Gasteiger partial charge < -0.3 is 14.8 Å². The summed E-state index contributed by atoms with van der Waals surface area (Å²) in [4.78, 5) is 42.6. The van der Waals surface area contributed by atoms with Crippen molar-refractivity contribution < 1.29 is 24.0 Å². The van der Waals surface area contributed by atoms with Gasteiger partial charge in [-0.2, -0.15) is 0 Å². The van der Waals surface area contributed by atoms with Gasteiger partial charge in [0.15, 0.2) is 5.17 Å². The lowest BCUT2D eigenvalue weighted by molar-refractivity contribution is -0.384. The minimum atomic E-state index is -0.689. The van der Waals surface area contributed by atoms with Crippen molar-refractivity contribution in [2.24, 2.45) is 4.99 Å². The number of anilines is 1. The van der Waals surface area contributed by atoms with E-state index in [1.165, 1.54) is 42.0 Å². The van der Waals surface area contributed by atoms with E-state index >= 15 is 0 Å². The number of nitrogens with zero attached hydrogens (tertiary/aromatic N) is 3. The Labute approximate surface area is 201 Å². The van der Waals surface area contributed by atoms with E-state index < -0.39 is 16.1 Å². The van der Waals surface area contributed by atoms with E-state index in [1.54, 1.807) is 7.11 Å². The third-order valence-corrected chi connectivity index (χ3v) is 6.33. The molecule has 34 heavy (non-hydrogen) atoms. The van der Waals surface area contributed by atoms with Crippen LogP contribution in [0.25, 0.3) is 0 Å². The number of hydrogen-bond donors (Lipinski definition) is 1. The summed E-state index contributed by atoms with van der Waals surface area (Å²) >= 11 is 1.21. The summed E-state index contributed by atoms with van der Waals surface area (Å²) in [6.45, 7) is 4.54. The van der Waals surface area contributed by atoms with Crippen LogP contribution in [0.15, 0.2) is 41.4 Å². The lowest BCUT2D eigenvalue weighted by Crippen LogP contribution is -2.35. The van der Waals surface area contributed by atoms with Crippen LogP contribution in [0.1, 0.15) is 17.5 Å². The molecular formula is C23H26N4O6S. The van der Waals surface area contributed by atoms with Crippen molar-refractivity contribution in [1.29, 1.82) is 0 Å². The van der Waals surface area contributed by atoms with Gasteiger partial charge in [-0.3, -0.25) is 24.6 Å². The van der Waals surface area contributed by atoms with Crippen molar-refractivity contribution in [2.45, 2.75) is 25.5 Å². The van der Waals surface area contributed by atoms with Gasteiger partial charge in [0.05, 0.1) is 36.6 Å². The molecule has 1 atom stereocenters. The van der Waals surface area contributed by atoms with Crippen LogP contribution in [0.2, 0.25) is 0 Å². The number of carbonyl (C=O) groups is 2. The molecule has 1 heterocycles. The Morgan fingerprint density at radius 1 is 1.24 bits per heavy atom. The highest BCUT2D eigenvalue weighted by Gasteiger charge is 2.39. The molecule has 2 aromatic rings. The molecule has 10 nitrogen and oxygen atoms in total. The Bertz CT molecular complexity index is 1140. The molecule has 1 unspecified atom stereocenters. The average molecular weight is 487 g/mol. The molecule has 2 aromatic carbocycles. The number of hydrogen-bond acceptors (Lipinski definition) is 8. The van der Waals surface area contributed by atoms with Gasteiger partial charge in [-0.1, -0.05) is 23.9 Å². The number of nitro benzene ring substituents is 1. The summed E-state index contributed by atoms with van der Waals surface area (Å²) in [5, 5.41) is 13.5. The Kier molecular flexibility index (Phi) is 8.24. The highest BCUT2D eigenvalue weighted by molar-refractivity contribution is 8.15. The van der Waals surface area contributed by atoms with Gasteiger partial charge in [-0.15, -0.1) is 0 Å². The summed E-state index contributed by atoms with van der Waals surface area (Å²) < 4.78 is 10.3. The molecule has 2 amide bonds. The third kappa shape index (κ3) is 5.91. The van der Waals surface area contributed by atoms with Crippen LogP contribution in [0.4, 0.5) is 17.1 Å². The number of benzene rings is 2. The average Bonchev–Trinajstić information content (AvgIpc) is 3.08. The third-order valence-electron chi connectivity index (χ3n) is 5.16. The van der Waals surface area contributed by atoms with Crippen LogP contribution in [0.5, 0.6) is 5.75 Å². The van der Waals surface area contributed by atoms with Crippen molar-refractivity contribution in [2.75, 3.05) is 32.7 Å². The van der Waals surface area contributed by atoms with Crippen molar-refractivity contribution in [3.63, 3.8) is 0 Å². The maximum absolute atomic E-state index is 13.1. The first-order valence-electron chi connectivity index (χ1n) is 10.5. The number of amides is 2. The molecule has 1 fully saturated rings. The van der Waals surface area contributed by atoms with Crippen LogP contribution >= 0.6 is 11.8 Å². The second-order valence-electron chi connectivity index (χ2n) is 7.67. The maximum Gasteiger partial charge on any atom is 0.271 e. The highest BCUT2D eigenvalue weighted by atomic mass is 32.2. The summed E-state index contributed by atoms with van der Waals surface area (Å²) in [5.41, 5.74) is 2.75. The van der Waals surface area contributed by atoms with E-state index in [0.29, 0.717) is 18.3 Å². The minimum absolute atomic E-state index is 0.134. The Hall–Kier alpha value is -3.44. The fraction of sp³-hybridized carbons (Fsp3) is 0.348. The quantitative estimate of drug-likeness (QED) is 0.422. The predicted molar refractivity (Wildman–Crippen MR) is 131 cm³/mol. The van der Waals surface area contributed by atoms with Crippen molar-refractivity contribution >= 4 is 45.8 Å². The standard InChI is InChI=1S/C23H26N4O6S/c1-14-5-6-15(2)17(11-14)25-23-26(9-10-32-3)22(29)20(34-23)13-21(28)24-18-12-16(27(30)31)7-8-19(18)33-4/h5-8,11-12,20H,9-10,13H2,1-4H3,(H,24,28). The first kappa shape index (κ1) is 25.2. The van der Waals surface area contributed by atoms with Crippen molar-refractivity contribution in [1.82, 2.24) is 4.90 Å². The summed E-state index contributed by atoms with van der Waals surface area (Å²) in [6, 6.07) is 9.81. The molecule has 0 bridgehead atoms. The summed E-state index contributed by atoms with van der Waals surface area (Å²) in [7, 11) is 2.95. The number of methoxy groups -OCH3 is 2. The Morgan fingerprint density at radius 3 is 2.68 bits per heavy atom. The van der Waals surface area contributed by atoms with E-state index in [0.717, 1.165) is 16.8 Å². The zero-order valence-corrected chi connectivity index (χ0v) is 20.2. The zero-order chi connectivity index (χ0) is 24.8. The summed E-state index contributed by atoms with van der Waals surface area (Å²) in [6.07, 6.45) is -0.134. The maximum atomic E-state index is 13.1. The molecule has 3 rings (SSSR count). The number of thioether (sulfide) groups is 1. The molecule has 0 aromatic heterocycles. The molecule has 180 valence electrons. The van der Waals surface area contributed by atoms with Gasteiger partial charge in [0, 0.05) is 25.7 Å². The predicted octanol–water partition coefficient (Wildman–Crippen LogP) is 3.83. The molecule has 0 aliphatic carbocycles. The van der Waals surface area contributed by atoms with Gasteiger partial charge in [-0.05, 0) is 37.1 Å². The largest absolute Gasteiger partial charge is 0.495 e. The minimum Gasteiger partial charge on any atom is -0.495 e. The van der Waals surface area contributed by atoms with Crippen LogP contribution < -0.4 is 10.1 Å². The lowest BCUT2D eigenvalue weighted by Gasteiger charge is -2.16. The fourth-order valence-electron chi connectivity index (χ4n) is 3.33. The molecular weight excluding hydrogens is 460 g/mol. The van der Waals surface area contributed by atoms with E-state index in [-0.39, 0.29) is 29.5 Å². The van der Waals surface area contributed by atoms with Crippen LogP contribution in [-0.4, -0.2) is 59.4 Å². The first-order chi connectivity index (χ1) is 16.2. The Balaban J connectivity index is 1.81. The van der Waals surface area contributed by atoms with Crippen LogP contribution in [0, 0.1) is 24.0 Å². The van der Waals surface area contributed by atoms with Crippen LogP contribution in [0.3, 0.4) is 0 Å². The van der Waals surface area contributed by atoms with Crippen molar-refractivity contribution in [3.05, 3.63) is 57.6 Å². The van der Waals surface area contributed by atoms with Crippen molar-refractivity contribution in [3.8, 4) is 5.75 Å². The van der Waals surface area contributed by atoms with Crippen LogP contribution in [-0.2, 0) is 14.3 Å². The number of nitro groups is 1. The van der Waals surface area contributed by atoms with Gasteiger partial charge in [0.1, 0.15) is 11.0 Å². The molecule has 0 radical (unpaired) electrons. The Morgan fingerprint density at radius 2 is 2.00 bits per heavy atom. The van der Waals surface area contributed by atoms with Gasteiger partial charge in [0.2, 0.25) is 11.8 Å². The SMILES string of the molecule is COCCN1C(=O)C(CC(=O)Nc2cc([N+](=O)[O-])ccc2OC)SC1=Nc1cc(C)ccc1C. The van der Waals surface area contributed by atoms with E-state index in [1.807, 2.05) is 32.0 Å². The fourth-order valence-corrected chi connectivity index (χ4v) is 4.51. The summed E-state index contributed by atoms with van der Waals surface area (Å²) in [5.74, 6) is -0.431. The molecule has 1 aliphatic rings. The topological polar surface area (TPSA) is 123 Å². The molecule has 1 N–H and O–H groups in total. The second kappa shape index (κ2) is 11.1. The number of aryl methyl sites for hydroxylation is 2. The van der Waals surface area contributed by atoms with Gasteiger partial charge in [0.25, 0.3) is 5.69 Å². The number of aliphatic imine (C=N–C) groups is 1. The smallest absolute Gasteiger partial charge is 0.271 e. The molecule has 0 spiro atoms. The van der Waals surface area contributed by atoms with E-state index in [2.05, 4.69) is 5.32 Å². The zero-order valence-electron chi connectivity index (χ0n) is 19.4. The van der Waals surface area contributed by atoms with Gasteiger partial charge >= 0.3 is 0 Å². The molecule has 0 saturated carbocycles. The number of rotatable bonds is 9. The second-order valence-corrected chi connectivity index (χ2v) is 8.84. The number of amidine groups is 1. The molecule has 1 saturated heterocycles. The number of nitrogens with one attached hydrogen (secondary N) is 1. The highest BCUT2D eigenvalue weighted by Crippen LogP contribution is 2.34. The van der Waals surface area contributed by atoms with E-state index in [9.17, 15) is 19.7 Å². The molecule has 1 aliphatic heterocycles. The first-order valence-corrected chi connectivity index (χ1v) is 11.4. The lowest BCUT2D eigenvalue weighted by atomic mass is 10.1. The van der Waals surface area contributed by atoms with Gasteiger partial charge in [-0.25, -0.2) is 4.99 Å². The number of ether oxygens (including phenoxy) is 2. The molecule has 11 heteroatoms. The normalized spacial score (nSPS) is 16.7. The number of non-ortho nitro benzene ring substituents is 1. The number of carbonyl (C=O) groups excluding carboxylic acids is 2.